The van der Waals surface area contributed by atoms with E-state index in [2.05, 4.69) is 0 Å². The molecule has 0 aromatic heterocycles. The Hall–Kier alpha value is -1.86. The molecule has 0 amide bonds. The Labute approximate surface area is 80.5 Å². The SMILES string of the molecule is Nc1cc(F)cc(C(F)(F)F)c1[N+](=O)[O-]. The van der Waals surface area contributed by atoms with E-state index in [0.29, 0.717) is 6.07 Å². The average molecular weight is 224 g/mol. The van der Waals surface area contributed by atoms with Crippen molar-refractivity contribution in [1.29, 1.82) is 0 Å². The smallest absolute Gasteiger partial charge is 0.393 e. The molecule has 0 saturated carbocycles. The number of nitro groups is 1. The normalized spacial score (nSPS) is 11.5. The Morgan fingerprint density at radius 1 is 1.33 bits per heavy atom. The predicted molar refractivity (Wildman–Crippen MR) is 42.5 cm³/mol. The van der Waals surface area contributed by atoms with E-state index < -0.39 is 33.9 Å². The summed E-state index contributed by atoms with van der Waals surface area (Å²) in [6.45, 7) is 0. The molecular weight excluding hydrogens is 220 g/mol. The summed E-state index contributed by atoms with van der Waals surface area (Å²) in [5.74, 6) is -1.27. The Bertz CT molecular complexity index is 416. The van der Waals surface area contributed by atoms with Crippen LogP contribution >= 0.6 is 0 Å². The minimum Gasteiger partial charge on any atom is -0.393 e. The average Bonchev–Trinajstić information content (AvgIpc) is 1.99. The van der Waals surface area contributed by atoms with Crippen LogP contribution in [0.4, 0.5) is 28.9 Å². The highest BCUT2D eigenvalue weighted by atomic mass is 19.4. The fraction of sp³-hybridized carbons (Fsp3) is 0.143. The van der Waals surface area contributed by atoms with Gasteiger partial charge in [-0.25, -0.2) is 4.39 Å². The Morgan fingerprint density at radius 3 is 2.27 bits per heavy atom. The molecule has 0 spiro atoms. The van der Waals surface area contributed by atoms with E-state index in [1.165, 1.54) is 0 Å². The van der Waals surface area contributed by atoms with E-state index in [-0.39, 0.29) is 6.07 Å². The lowest BCUT2D eigenvalue weighted by Crippen LogP contribution is -2.11. The number of anilines is 1. The van der Waals surface area contributed by atoms with Gasteiger partial charge in [-0.2, -0.15) is 13.2 Å². The second-order valence-electron chi connectivity index (χ2n) is 2.65. The van der Waals surface area contributed by atoms with Crippen LogP contribution in [0.5, 0.6) is 0 Å². The summed E-state index contributed by atoms with van der Waals surface area (Å²) in [6.07, 6.45) is -5.02. The first kappa shape index (κ1) is 11.2. The number of hydrogen-bond donors (Lipinski definition) is 1. The molecule has 1 aromatic carbocycles. The number of benzene rings is 1. The van der Waals surface area contributed by atoms with E-state index in [0.717, 1.165) is 0 Å². The molecular formula is C7H4F4N2O2. The summed E-state index contributed by atoms with van der Waals surface area (Å²) in [5.41, 5.74) is 1.06. The van der Waals surface area contributed by atoms with E-state index in [1.807, 2.05) is 0 Å². The van der Waals surface area contributed by atoms with Crippen LogP contribution in [0.2, 0.25) is 0 Å². The molecule has 0 aliphatic heterocycles. The van der Waals surface area contributed by atoms with Crippen molar-refractivity contribution in [2.45, 2.75) is 6.18 Å². The van der Waals surface area contributed by atoms with E-state index in [1.54, 1.807) is 0 Å². The number of nitrogens with zero attached hydrogens (tertiary/aromatic N) is 1. The third kappa shape index (κ3) is 2.14. The number of nitro benzene ring substituents is 1. The van der Waals surface area contributed by atoms with Crippen molar-refractivity contribution in [3.05, 3.63) is 33.6 Å². The summed E-state index contributed by atoms with van der Waals surface area (Å²) >= 11 is 0. The second-order valence-corrected chi connectivity index (χ2v) is 2.65. The van der Waals surface area contributed by atoms with Gasteiger partial charge in [0.25, 0.3) is 0 Å². The van der Waals surface area contributed by atoms with Crippen molar-refractivity contribution >= 4 is 11.4 Å². The second kappa shape index (κ2) is 3.37. The summed E-state index contributed by atoms with van der Waals surface area (Å²) in [7, 11) is 0. The lowest BCUT2D eigenvalue weighted by atomic mass is 10.1. The highest BCUT2D eigenvalue weighted by Crippen LogP contribution is 2.39. The number of nitrogens with two attached hydrogens (primary N) is 1. The molecule has 1 rings (SSSR count). The lowest BCUT2D eigenvalue weighted by molar-refractivity contribution is -0.387. The summed E-state index contributed by atoms with van der Waals surface area (Å²) in [6, 6.07) is 0.502. The van der Waals surface area contributed by atoms with Gasteiger partial charge in [0.2, 0.25) is 0 Å². The Kier molecular flexibility index (Phi) is 2.52. The largest absolute Gasteiger partial charge is 0.423 e. The molecule has 8 heteroatoms. The first-order valence-corrected chi connectivity index (χ1v) is 3.54. The van der Waals surface area contributed by atoms with Crippen molar-refractivity contribution in [3.63, 3.8) is 0 Å². The van der Waals surface area contributed by atoms with Gasteiger partial charge in [-0.1, -0.05) is 0 Å². The molecule has 0 unspecified atom stereocenters. The van der Waals surface area contributed by atoms with E-state index in [4.69, 9.17) is 5.73 Å². The molecule has 0 bridgehead atoms. The third-order valence-corrected chi connectivity index (χ3v) is 1.59. The maximum atomic E-state index is 12.6. The van der Waals surface area contributed by atoms with Gasteiger partial charge in [0.15, 0.2) is 0 Å². The minimum absolute atomic E-state index is 0.0362. The van der Waals surface area contributed by atoms with Gasteiger partial charge in [-0.15, -0.1) is 0 Å². The van der Waals surface area contributed by atoms with Crippen LogP contribution in [0.3, 0.4) is 0 Å². The molecule has 2 N–H and O–H groups in total. The molecule has 0 fully saturated rings. The molecule has 4 nitrogen and oxygen atoms in total. The molecule has 0 heterocycles. The van der Waals surface area contributed by atoms with Crippen molar-refractivity contribution in [1.82, 2.24) is 0 Å². The van der Waals surface area contributed by atoms with Crippen LogP contribution in [-0.4, -0.2) is 4.92 Å². The van der Waals surface area contributed by atoms with E-state index in [9.17, 15) is 27.7 Å². The molecule has 0 saturated heterocycles. The summed E-state index contributed by atoms with van der Waals surface area (Å²) in [5, 5.41) is 10.3. The third-order valence-electron chi connectivity index (χ3n) is 1.59. The van der Waals surface area contributed by atoms with Crippen LogP contribution in [0.25, 0.3) is 0 Å². The maximum Gasteiger partial charge on any atom is 0.423 e. The molecule has 0 atom stereocenters. The fourth-order valence-corrected chi connectivity index (χ4v) is 1.04. The van der Waals surface area contributed by atoms with Crippen LogP contribution in [-0.2, 0) is 6.18 Å². The first-order chi connectivity index (χ1) is 6.73. The Morgan fingerprint density at radius 2 is 1.87 bits per heavy atom. The zero-order valence-corrected chi connectivity index (χ0v) is 7.01. The quantitative estimate of drug-likeness (QED) is 0.344. The lowest BCUT2D eigenvalue weighted by Gasteiger charge is -2.08. The molecule has 0 aliphatic rings. The van der Waals surface area contributed by atoms with Crippen molar-refractivity contribution in [3.8, 4) is 0 Å². The van der Waals surface area contributed by atoms with Crippen molar-refractivity contribution < 1.29 is 22.5 Å². The topological polar surface area (TPSA) is 69.2 Å². The standard InChI is InChI=1S/C7H4F4N2O2/c8-3-1-4(7(9,10)11)6(13(14)15)5(12)2-3/h1-2H,12H2. The highest BCUT2D eigenvalue weighted by molar-refractivity contribution is 5.63. The Balaban J connectivity index is 3.54. The van der Waals surface area contributed by atoms with Crippen LogP contribution in [0, 0.1) is 15.9 Å². The molecule has 82 valence electrons. The van der Waals surface area contributed by atoms with Crippen LogP contribution in [0.1, 0.15) is 5.56 Å². The number of hydrogen-bond acceptors (Lipinski definition) is 3. The van der Waals surface area contributed by atoms with Gasteiger partial charge in [0.1, 0.15) is 17.1 Å². The van der Waals surface area contributed by atoms with Crippen LogP contribution in [0.15, 0.2) is 12.1 Å². The van der Waals surface area contributed by atoms with Crippen molar-refractivity contribution in [2.75, 3.05) is 5.73 Å². The molecule has 0 aliphatic carbocycles. The molecule has 0 radical (unpaired) electrons. The number of nitrogen functional groups attached to an aromatic ring is 1. The molecule has 15 heavy (non-hydrogen) atoms. The van der Waals surface area contributed by atoms with Gasteiger partial charge < -0.3 is 5.73 Å². The van der Waals surface area contributed by atoms with Crippen molar-refractivity contribution in [2.24, 2.45) is 0 Å². The van der Waals surface area contributed by atoms with Gasteiger partial charge in [-0.05, 0) is 6.07 Å². The zero-order chi connectivity index (χ0) is 11.8. The maximum absolute atomic E-state index is 12.6. The zero-order valence-electron chi connectivity index (χ0n) is 7.01. The minimum atomic E-state index is -5.02. The van der Waals surface area contributed by atoms with Gasteiger partial charge in [0, 0.05) is 6.07 Å². The number of halogens is 4. The first-order valence-electron chi connectivity index (χ1n) is 3.54. The van der Waals surface area contributed by atoms with Gasteiger partial charge in [-0.3, -0.25) is 10.1 Å². The van der Waals surface area contributed by atoms with Gasteiger partial charge in [0.05, 0.1) is 4.92 Å². The molecule has 1 aromatic rings. The number of rotatable bonds is 1. The highest BCUT2D eigenvalue weighted by Gasteiger charge is 2.40. The summed E-state index contributed by atoms with van der Waals surface area (Å²) in [4.78, 5) is 9.01. The predicted octanol–water partition coefficient (Wildman–Crippen LogP) is 2.33. The van der Waals surface area contributed by atoms with E-state index >= 15 is 0 Å². The fourth-order valence-electron chi connectivity index (χ4n) is 1.04. The van der Waals surface area contributed by atoms with Crippen LogP contribution < -0.4 is 5.73 Å². The monoisotopic (exact) mass is 224 g/mol. The number of alkyl halides is 3. The summed E-state index contributed by atoms with van der Waals surface area (Å²) < 4.78 is 49.3. The van der Waals surface area contributed by atoms with Gasteiger partial charge >= 0.3 is 11.9 Å².